The van der Waals surface area contributed by atoms with Gasteiger partial charge in [0.05, 0.1) is 11.3 Å². The summed E-state index contributed by atoms with van der Waals surface area (Å²) in [6.45, 7) is 3.06. The number of anilines is 1. The summed E-state index contributed by atoms with van der Waals surface area (Å²) in [5, 5.41) is 11.5. The SMILES string of the molecule is Cc1ccc(C)c(OCC(=O)OCC(=O)Nc2ccccc2C#N)c1. The van der Waals surface area contributed by atoms with Crippen LogP contribution in [0, 0.1) is 25.2 Å². The minimum atomic E-state index is -0.648. The predicted molar refractivity (Wildman–Crippen MR) is 92.2 cm³/mol. The third-order valence-electron chi connectivity index (χ3n) is 3.38. The zero-order chi connectivity index (χ0) is 18.2. The van der Waals surface area contributed by atoms with Crippen molar-refractivity contribution in [2.45, 2.75) is 13.8 Å². The highest BCUT2D eigenvalue weighted by Gasteiger charge is 2.11. The largest absolute Gasteiger partial charge is 0.482 e. The molecule has 0 aliphatic heterocycles. The first kappa shape index (κ1) is 18.0. The van der Waals surface area contributed by atoms with Gasteiger partial charge in [-0.05, 0) is 43.2 Å². The minimum Gasteiger partial charge on any atom is -0.482 e. The second-order valence-electron chi connectivity index (χ2n) is 5.42. The third kappa shape index (κ3) is 5.36. The van der Waals surface area contributed by atoms with Crippen LogP contribution in [0.2, 0.25) is 0 Å². The summed E-state index contributed by atoms with van der Waals surface area (Å²) in [4.78, 5) is 23.5. The molecule has 0 bridgehead atoms. The van der Waals surface area contributed by atoms with Gasteiger partial charge in [-0.3, -0.25) is 4.79 Å². The lowest BCUT2D eigenvalue weighted by atomic mass is 10.1. The van der Waals surface area contributed by atoms with Crippen LogP contribution >= 0.6 is 0 Å². The van der Waals surface area contributed by atoms with Crippen LogP contribution < -0.4 is 10.1 Å². The lowest BCUT2D eigenvalue weighted by Gasteiger charge is -2.10. The number of amides is 1. The van der Waals surface area contributed by atoms with Gasteiger partial charge < -0.3 is 14.8 Å². The first-order valence-corrected chi connectivity index (χ1v) is 7.64. The van der Waals surface area contributed by atoms with Crippen LogP contribution in [0.15, 0.2) is 42.5 Å². The van der Waals surface area contributed by atoms with Crippen molar-refractivity contribution in [3.05, 3.63) is 59.2 Å². The molecule has 0 aliphatic rings. The van der Waals surface area contributed by atoms with E-state index < -0.39 is 18.5 Å². The quantitative estimate of drug-likeness (QED) is 0.818. The van der Waals surface area contributed by atoms with Crippen LogP contribution in [-0.4, -0.2) is 25.1 Å². The van der Waals surface area contributed by atoms with E-state index in [4.69, 9.17) is 14.7 Å². The van der Waals surface area contributed by atoms with Gasteiger partial charge in [-0.2, -0.15) is 5.26 Å². The van der Waals surface area contributed by atoms with Crippen molar-refractivity contribution in [3.8, 4) is 11.8 Å². The molecule has 0 radical (unpaired) electrons. The molecule has 0 unspecified atom stereocenters. The second-order valence-corrected chi connectivity index (χ2v) is 5.42. The normalized spacial score (nSPS) is 9.80. The number of benzene rings is 2. The van der Waals surface area contributed by atoms with Crippen molar-refractivity contribution in [1.29, 1.82) is 5.26 Å². The van der Waals surface area contributed by atoms with Gasteiger partial charge in [-0.15, -0.1) is 0 Å². The lowest BCUT2D eigenvalue weighted by Crippen LogP contribution is -2.24. The van der Waals surface area contributed by atoms with Gasteiger partial charge in [-0.25, -0.2) is 4.79 Å². The van der Waals surface area contributed by atoms with Crippen LogP contribution in [-0.2, 0) is 14.3 Å². The Kier molecular flexibility index (Phi) is 6.13. The van der Waals surface area contributed by atoms with E-state index in [9.17, 15) is 9.59 Å². The minimum absolute atomic E-state index is 0.285. The van der Waals surface area contributed by atoms with Gasteiger partial charge in [0.25, 0.3) is 5.91 Å². The molecule has 0 saturated heterocycles. The first-order valence-electron chi connectivity index (χ1n) is 7.64. The standard InChI is InChI=1S/C19H18N2O4/c1-13-7-8-14(2)17(9-13)24-12-19(23)25-11-18(22)21-16-6-4-3-5-15(16)10-20/h3-9H,11-12H2,1-2H3,(H,21,22). The maximum atomic E-state index is 11.8. The molecule has 0 heterocycles. The molecule has 2 aromatic carbocycles. The summed E-state index contributed by atoms with van der Waals surface area (Å²) in [5.74, 6) is -0.572. The van der Waals surface area contributed by atoms with E-state index in [1.807, 2.05) is 38.1 Å². The third-order valence-corrected chi connectivity index (χ3v) is 3.38. The highest BCUT2D eigenvalue weighted by atomic mass is 16.6. The van der Waals surface area contributed by atoms with Crippen molar-refractivity contribution >= 4 is 17.6 Å². The Bertz CT molecular complexity index is 824. The van der Waals surface area contributed by atoms with Crippen LogP contribution in [0.1, 0.15) is 16.7 Å². The smallest absolute Gasteiger partial charge is 0.344 e. The summed E-state index contributed by atoms with van der Waals surface area (Å²) in [5.41, 5.74) is 2.63. The summed E-state index contributed by atoms with van der Waals surface area (Å²) in [6, 6.07) is 14.2. The van der Waals surface area contributed by atoms with Crippen LogP contribution in [0.3, 0.4) is 0 Å². The molecule has 0 spiro atoms. The molecule has 0 fully saturated rings. The number of esters is 1. The molecule has 6 heteroatoms. The van der Waals surface area contributed by atoms with Crippen molar-refractivity contribution in [2.24, 2.45) is 0 Å². The zero-order valence-corrected chi connectivity index (χ0v) is 14.0. The topological polar surface area (TPSA) is 88.4 Å². The molecule has 0 saturated carbocycles. The molecule has 6 nitrogen and oxygen atoms in total. The van der Waals surface area contributed by atoms with Crippen LogP contribution in [0.25, 0.3) is 0 Å². The number of para-hydroxylation sites is 1. The number of nitriles is 1. The van der Waals surface area contributed by atoms with E-state index in [0.29, 0.717) is 17.0 Å². The zero-order valence-electron chi connectivity index (χ0n) is 14.0. The molecule has 0 aromatic heterocycles. The van der Waals surface area contributed by atoms with Crippen molar-refractivity contribution in [1.82, 2.24) is 0 Å². The Morgan fingerprint density at radius 2 is 1.88 bits per heavy atom. The number of nitrogens with one attached hydrogen (secondary N) is 1. The van der Waals surface area contributed by atoms with Gasteiger partial charge in [0.1, 0.15) is 11.8 Å². The number of hydrogen-bond acceptors (Lipinski definition) is 5. The van der Waals surface area contributed by atoms with Crippen LogP contribution in [0.5, 0.6) is 5.75 Å². The first-order chi connectivity index (χ1) is 12.0. The Morgan fingerprint density at radius 3 is 2.64 bits per heavy atom. The Morgan fingerprint density at radius 1 is 1.12 bits per heavy atom. The molecule has 2 rings (SSSR count). The molecular weight excluding hydrogens is 320 g/mol. The molecule has 2 aromatic rings. The summed E-state index contributed by atoms with van der Waals surface area (Å²) < 4.78 is 10.3. The molecule has 25 heavy (non-hydrogen) atoms. The van der Waals surface area contributed by atoms with Gasteiger partial charge in [0.2, 0.25) is 0 Å². The fraction of sp³-hybridized carbons (Fsp3) is 0.211. The number of carbonyl (C=O) groups is 2. The number of carbonyl (C=O) groups excluding carboxylic acids is 2. The van der Waals surface area contributed by atoms with Crippen molar-refractivity contribution < 1.29 is 19.1 Å². The van der Waals surface area contributed by atoms with E-state index in [1.54, 1.807) is 24.3 Å². The monoisotopic (exact) mass is 338 g/mol. The molecule has 0 aliphatic carbocycles. The van der Waals surface area contributed by atoms with Crippen molar-refractivity contribution in [3.63, 3.8) is 0 Å². The lowest BCUT2D eigenvalue weighted by molar-refractivity contribution is -0.149. The van der Waals surface area contributed by atoms with Gasteiger partial charge >= 0.3 is 5.97 Å². The number of hydrogen-bond donors (Lipinski definition) is 1. The Hall–Kier alpha value is -3.33. The second kappa shape index (κ2) is 8.50. The maximum absolute atomic E-state index is 11.8. The van der Waals surface area contributed by atoms with E-state index >= 15 is 0 Å². The van der Waals surface area contributed by atoms with Crippen molar-refractivity contribution in [2.75, 3.05) is 18.5 Å². The van der Waals surface area contributed by atoms with E-state index in [1.165, 1.54) is 0 Å². The summed E-state index contributed by atoms with van der Waals surface area (Å²) >= 11 is 0. The number of aryl methyl sites for hydroxylation is 2. The number of nitrogens with zero attached hydrogens (tertiary/aromatic N) is 1. The fourth-order valence-electron chi connectivity index (χ4n) is 2.06. The summed E-state index contributed by atoms with van der Waals surface area (Å²) in [6.07, 6.45) is 0. The average molecular weight is 338 g/mol. The predicted octanol–water partition coefficient (Wildman–Crippen LogP) is 2.74. The highest BCUT2D eigenvalue weighted by molar-refractivity contribution is 5.94. The molecule has 128 valence electrons. The van der Waals surface area contributed by atoms with Gasteiger partial charge in [0.15, 0.2) is 13.2 Å². The molecular formula is C19H18N2O4. The fourth-order valence-corrected chi connectivity index (χ4v) is 2.06. The Balaban J connectivity index is 1.80. The van der Waals surface area contributed by atoms with Gasteiger partial charge in [0, 0.05) is 0 Å². The van der Waals surface area contributed by atoms with E-state index in [0.717, 1.165) is 11.1 Å². The van der Waals surface area contributed by atoms with Crippen LogP contribution in [0.4, 0.5) is 5.69 Å². The van der Waals surface area contributed by atoms with E-state index in [2.05, 4.69) is 5.32 Å². The summed E-state index contributed by atoms with van der Waals surface area (Å²) in [7, 11) is 0. The molecule has 1 amide bonds. The molecule has 0 atom stereocenters. The molecule has 1 N–H and O–H groups in total. The number of rotatable bonds is 6. The average Bonchev–Trinajstić information content (AvgIpc) is 2.61. The Labute approximate surface area is 146 Å². The maximum Gasteiger partial charge on any atom is 0.344 e. The number of ether oxygens (including phenoxy) is 2. The van der Waals surface area contributed by atoms with Gasteiger partial charge in [-0.1, -0.05) is 24.3 Å². The highest BCUT2D eigenvalue weighted by Crippen LogP contribution is 2.19. The van der Waals surface area contributed by atoms with E-state index in [-0.39, 0.29) is 6.61 Å².